The summed E-state index contributed by atoms with van der Waals surface area (Å²) in [5.41, 5.74) is -0.405. The number of nitrogens with zero attached hydrogens (tertiary/aromatic N) is 3. The van der Waals surface area contributed by atoms with Crippen LogP contribution >= 0.6 is 0 Å². The minimum absolute atomic E-state index is 0.112. The van der Waals surface area contributed by atoms with Gasteiger partial charge in [-0.1, -0.05) is 30.3 Å². The fourth-order valence-corrected chi connectivity index (χ4v) is 2.06. The van der Waals surface area contributed by atoms with Crippen LogP contribution in [0.5, 0.6) is 0 Å². The largest absolute Gasteiger partial charge is 0.283 e. The number of allylic oxidation sites excluding steroid dienone is 1. The first-order valence-corrected chi connectivity index (χ1v) is 6.47. The Balaban J connectivity index is 2.67. The Morgan fingerprint density at radius 2 is 1.83 bits per heavy atom. The highest BCUT2D eigenvalue weighted by Gasteiger charge is 2.21. The van der Waals surface area contributed by atoms with E-state index in [-0.39, 0.29) is 16.9 Å². The molecule has 2 aromatic rings. The number of nitriles is 1. The molecule has 0 saturated carbocycles. The van der Waals surface area contributed by atoms with Crippen molar-refractivity contribution in [2.45, 2.75) is 6.92 Å². The SMILES string of the molecule is Cc1cc(F)c(F)cc1N(O)C(=C(C#N)N=O)c1ccccc1. The zero-order chi connectivity index (χ0) is 17.0. The molecule has 0 saturated heterocycles. The smallest absolute Gasteiger partial charge is 0.211 e. The standard InChI is InChI=1S/C16H11F2N3O2/c1-10-7-12(17)13(18)8-15(10)21(23)16(14(9-19)20-22)11-5-3-2-4-6-11/h2-8,23H,1H3. The third kappa shape index (κ3) is 3.22. The van der Waals surface area contributed by atoms with Crippen LogP contribution in [0, 0.1) is 34.8 Å². The second-order valence-electron chi connectivity index (χ2n) is 4.63. The van der Waals surface area contributed by atoms with E-state index in [0.717, 1.165) is 12.1 Å². The van der Waals surface area contributed by atoms with Crippen molar-refractivity contribution >= 4 is 11.4 Å². The molecule has 0 spiro atoms. The van der Waals surface area contributed by atoms with Crippen LogP contribution in [0.4, 0.5) is 14.5 Å². The predicted octanol–water partition coefficient (Wildman–Crippen LogP) is 4.13. The van der Waals surface area contributed by atoms with Gasteiger partial charge in [0.25, 0.3) is 0 Å². The second-order valence-corrected chi connectivity index (χ2v) is 4.63. The first kappa shape index (κ1) is 16.3. The Morgan fingerprint density at radius 1 is 1.22 bits per heavy atom. The molecule has 0 heterocycles. The van der Waals surface area contributed by atoms with Gasteiger partial charge in [0.1, 0.15) is 11.8 Å². The molecule has 2 rings (SSSR count). The average molecular weight is 315 g/mol. The maximum Gasteiger partial charge on any atom is 0.211 e. The van der Waals surface area contributed by atoms with E-state index in [1.807, 2.05) is 0 Å². The number of halogens is 2. The number of hydrogen-bond acceptors (Lipinski definition) is 5. The summed E-state index contributed by atoms with van der Waals surface area (Å²) in [5, 5.41) is 22.5. The lowest BCUT2D eigenvalue weighted by atomic mass is 10.1. The summed E-state index contributed by atoms with van der Waals surface area (Å²) in [6, 6.07) is 11.3. The molecule has 0 fully saturated rings. The van der Waals surface area contributed by atoms with Gasteiger partial charge in [0, 0.05) is 11.6 Å². The third-order valence-corrected chi connectivity index (χ3v) is 3.15. The molecule has 2 aromatic carbocycles. The average Bonchev–Trinajstić information content (AvgIpc) is 2.56. The lowest BCUT2D eigenvalue weighted by Gasteiger charge is -2.22. The summed E-state index contributed by atoms with van der Waals surface area (Å²) in [6.07, 6.45) is 0. The van der Waals surface area contributed by atoms with Crippen molar-refractivity contribution in [3.05, 3.63) is 75.8 Å². The predicted molar refractivity (Wildman–Crippen MR) is 80.1 cm³/mol. The third-order valence-electron chi connectivity index (χ3n) is 3.15. The molecule has 0 aromatic heterocycles. The topological polar surface area (TPSA) is 76.7 Å². The molecule has 7 heteroatoms. The summed E-state index contributed by atoms with van der Waals surface area (Å²) < 4.78 is 26.7. The minimum Gasteiger partial charge on any atom is -0.283 e. The van der Waals surface area contributed by atoms with E-state index >= 15 is 0 Å². The molecular formula is C16H11F2N3O2. The quantitative estimate of drug-likeness (QED) is 0.523. The van der Waals surface area contributed by atoms with Gasteiger partial charge in [0.15, 0.2) is 11.6 Å². The van der Waals surface area contributed by atoms with Crippen LogP contribution in [0.2, 0.25) is 0 Å². The van der Waals surface area contributed by atoms with Crippen LogP contribution in [-0.4, -0.2) is 5.21 Å². The Bertz CT molecular complexity index is 814. The zero-order valence-electron chi connectivity index (χ0n) is 12.0. The van der Waals surface area contributed by atoms with Crippen LogP contribution in [-0.2, 0) is 0 Å². The summed E-state index contributed by atoms with van der Waals surface area (Å²) in [7, 11) is 0. The number of rotatable bonds is 4. The van der Waals surface area contributed by atoms with Gasteiger partial charge < -0.3 is 0 Å². The number of hydrogen-bond donors (Lipinski definition) is 1. The highest BCUT2D eigenvalue weighted by Crippen LogP contribution is 2.31. The molecule has 116 valence electrons. The summed E-state index contributed by atoms with van der Waals surface area (Å²) in [4.78, 5) is 10.9. The van der Waals surface area contributed by atoms with Gasteiger partial charge in [-0.3, -0.25) is 5.21 Å². The van der Waals surface area contributed by atoms with Crippen molar-refractivity contribution in [3.63, 3.8) is 0 Å². The molecule has 0 aliphatic rings. The maximum atomic E-state index is 13.5. The molecular weight excluding hydrogens is 304 g/mol. The van der Waals surface area contributed by atoms with Crippen molar-refractivity contribution in [2.75, 3.05) is 5.06 Å². The summed E-state index contributed by atoms with van der Waals surface area (Å²) >= 11 is 0. The summed E-state index contributed by atoms with van der Waals surface area (Å²) in [5.74, 6) is -2.24. The molecule has 0 amide bonds. The van der Waals surface area contributed by atoms with Crippen molar-refractivity contribution < 1.29 is 14.0 Å². The van der Waals surface area contributed by atoms with Crippen molar-refractivity contribution in [2.24, 2.45) is 5.18 Å². The Kier molecular flexibility index (Phi) is 4.79. The van der Waals surface area contributed by atoms with Crippen molar-refractivity contribution in [1.82, 2.24) is 0 Å². The molecule has 0 aliphatic carbocycles. The second kappa shape index (κ2) is 6.77. The highest BCUT2D eigenvalue weighted by atomic mass is 19.2. The highest BCUT2D eigenvalue weighted by molar-refractivity contribution is 5.82. The lowest BCUT2D eigenvalue weighted by Crippen LogP contribution is -2.19. The van der Waals surface area contributed by atoms with Crippen LogP contribution in [0.25, 0.3) is 5.70 Å². The summed E-state index contributed by atoms with van der Waals surface area (Å²) in [6.45, 7) is 1.45. The molecule has 0 radical (unpaired) electrons. The molecule has 0 atom stereocenters. The van der Waals surface area contributed by atoms with Crippen LogP contribution in [0.1, 0.15) is 11.1 Å². The van der Waals surface area contributed by atoms with Gasteiger partial charge in [-0.05, 0) is 23.7 Å². The molecule has 0 bridgehead atoms. The monoisotopic (exact) mass is 315 g/mol. The van der Waals surface area contributed by atoms with E-state index in [0.29, 0.717) is 10.6 Å². The van der Waals surface area contributed by atoms with Crippen LogP contribution in [0.15, 0.2) is 53.3 Å². The lowest BCUT2D eigenvalue weighted by molar-refractivity contribution is 0.302. The molecule has 23 heavy (non-hydrogen) atoms. The fourth-order valence-electron chi connectivity index (χ4n) is 2.06. The normalized spacial score (nSPS) is 11.4. The molecule has 0 aliphatic heterocycles. The van der Waals surface area contributed by atoms with Crippen molar-refractivity contribution in [1.29, 1.82) is 5.26 Å². The van der Waals surface area contributed by atoms with E-state index in [4.69, 9.17) is 5.26 Å². The Morgan fingerprint density at radius 3 is 2.39 bits per heavy atom. The van der Waals surface area contributed by atoms with Crippen LogP contribution < -0.4 is 5.06 Å². The number of nitroso groups, excluding NO2 is 1. The molecule has 0 unspecified atom stereocenters. The van der Waals surface area contributed by atoms with Crippen molar-refractivity contribution in [3.8, 4) is 6.07 Å². The number of aryl methyl sites for hydroxylation is 1. The van der Waals surface area contributed by atoms with Crippen LogP contribution in [0.3, 0.4) is 0 Å². The number of hydroxylamine groups is 1. The van der Waals surface area contributed by atoms with Gasteiger partial charge in [0.05, 0.1) is 5.69 Å². The maximum absolute atomic E-state index is 13.5. The Labute approximate surface area is 130 Å². The van der Waals surface area contributed by atoms with Gasteiger partial charge in [-0.15, -0.1) is 4.91 Å². The van der Waals surface area contributed by atoms with E-state index in [2.05, 4.69) is 5.18 Å². The number of benzene rings is 2. The molecule has 5 nitrogen and oxygen atoms in total. The fraction of sp³-hybridized carbons (Fsp3) is 0.0625. The first-order valence-electron chi connectivity index (χ1n) is 6.47. The minimum atomic E-state index is -1.17. The number of anilines is 1. The van der Waals surface area contributed by atoms with E-state index in [1.165, 1.54) is 19.1 Å². The zero-order valence-corrected chi connectivity index (χ0v) is 12.0. The molecule has 1 N–H and O–H groups in total. The van der Waals surface area contributed by atoms with E-state index < -0.39 is 17.3 Å². The Hall–Kier alpha value is -3.11. The van der Waals surface area contributed by atoms with E-state index in [1.54, 1.807) is 24.3 Å². The van der Waals surface area contributed by atoms with Gasteiger partial charge in [-0.25, -0.2) is 13.8 Å². The van der Waals surface area contributed by atoms with Gasteiger partial charge in [-0.2, -0.15) is 5.26 Å². The van der Waals surface area contributed by atoms with E-state index in [9.17, 15) is 18.9 Å². The first-order chi connectivity index (χ1) is 11.0. The van der Waals surface area contributed by atoms with Gasteiger partial charge in [0.2, 0.25) is 5.70 Å². The van der Waals surface area contributed by atoms with Gasteiger partial charge >= 0.3 is 0 Å².